The average Bonchev–Trinajstić information content (AvgIpc) is 3.03. The predicted octanol–water partition coefficient (Wildman–Crippen LogP) is 4.64. The molecule has 2 aromatic carbocycles. The number of thioether (sulfide) groups is 1. The van der Waals surface area contributed by atoms with E-state index in [2.05, 4.69) is 5.32 Å². The summed E-state index contributed by atoms with van der Waals surface area (Å²) in [5.74, 6) is 0.334. The number of ether oxygens (including phenoxy) is 1. The Kier molecular flexibility index (Phi) is 8.05. The summed E-state index contributed by atoms with van der Waals surface area (Å²) in [5.41, 5.74) is 0.343. The van der Waals surface area contributed by atoms with Crippen LogP contribution in [0, 0.1) is 0 Å². The highest BCUT2D eigenvalue weighted by Gasteiger charge is 2.26. The lowest BCUT2D eigenvalue weighted by Gasteiger charge is -2.21. The summed E-state index contributed by atoms with van der Waals surface area (Å²) < 4.78 is 33.0. The third-order valence-electron chi connectivity index (χ3n) is 4.83. The molecule has 30 heavy (non-hydrogen) atoms. The van der Waals surface area contributed by atoms with Gasteiger partial charge in [-0.15, -0.1) is 11.8 Å². The first-order valence-corrected chi connectivity index (χ1v) is 12.6. The Morgan fingerprint density at radius 3 is 2.40 bits per heavy atom. The third kappa shape index (κ3) is 5.91. The number of hydrogen-bond acceptors (Lipinski definition) is 5. The number of amides is 1. The second-order valence-corrected chi connectivity index (χ2v) is 10.4. The second kappa shape index (κ2) is 10.5. The van der Waals surface area contributed by atoms with Gasteiger partial charge in [-0.3, -0.25) is 4.79 Å². The van der Waals surface area contributed by atoms with E-state index in [1.165, 1.54) is 35.3 Å². The highest BCUT2D eigenvalue weighted by Crippen LogP contribution is 2.30. The normalized spacial score (nSPS) is 15.4. The minimum Gasteiger partial charge on any atom is -0.495 e. The molecule has 0 bridgehead atoms. The van der Waals surface area contributed by atoms with Crippen LogP contribution in [0.2, 0.25) is 5.02 Å². The van der Waals surface area contributed by atoms with Crippen molar-refractivity contribution in [3.05, 3.63) is 47.5 Å². The van der Waals surface area contributed by atoms with Crippen LogP contribution in [0.4, 0.5) is 5.69 Å². The first kappa shape index (κ1) is 22.9. The summed E-state index contributed by atoms with van der Waals surface area (Å²) in [6, 6.07) is 11.8. The Labute approximate surface area is 187 Å². The summed E-state index contributed by atoms with van der Waals surface area (Å²) >= 11 is 7.24. The Morgan fingerprint density at radius 2 is 1.77 bits per heavy atom. The van der Waals surface area contributed by atoms with E-state index in [4.69, 9.17) is 16.3 Å². The maximum absolute atomic E-state index is 13.1. The van der Waals surface area contributed by atoms with Crippen LogP contribution in [0.3, 0.4) is 0 Å². The Hall–Kier alpha value is -1.74. The van der Waals surface area contributed by atoms with E-state index in [0.29, 0.717) is 29.5 Å². The van der Waals surface area contributed by atoms with Crippen molar-refractivity contribution >= 4 is 45.0 Å². The number of rotatable bonds is 7. The quantitative estimate of drug-likeness (QED) is 0.599. The van der Waals surface area contributed by atoms with Crippen LogP contribution in [0.25, 0.3) is 0 Å². The van der Waals surface area contributed by atoms with Crippen molar-refractivity contribution in [2.75, 3.05) is 31.3 Å². The molecule has 1 amide bonds. The van der Waals surface area contributed by atoms with E-state index in [0.717, 1.165) is 30.6 Å². The van der Waals surface area contributed by atoms with Crippen LogP contribution in [-0.2, 0) is 14.8 Å². The van der Waals surface area contributed by atoms with Gasteiger partial charge in [0.15, 0.2) is 0 Å². The zero-order valence-electron chi connectivity index (χ0n) is 16.8. The number of carbonyl (C=O) groups is 1. The van der Waals surface area contributed by atoms with E-state index >= 15 is 0 Å². The van der Waals surface area contributed by atoms with Gasteiger partial charge in [0, 0.05) is 23.0 Å². The van der Waals surface area contributed by atoms with Gasteiger partial charge in [0.2, 0.25) is 15.9 Å². The van der Waals surface area contributed by atoms with Gasteiger partial charge in [0.05, 0.1) is 23.4 Å². The average molecular weight is 469 g/mol. The molecule has 0 radical (unpaired) electrons. The van der Waals surface area contributed by atoms with Crippen molar-refractivity contribution in [2.24, 2.45) is 0 Å². The fourth-order valence-electron chi connectivity index (χ4n) is 3.24. The number of anilines is 1. The molecular formula is C21H25ClN2O4S2. The molecule has 9 heteroatoms. The van der Waals surface area contributed by atoms with Crippen molar-refractivity contribution in [1.29, 1.82) is 0 Å². The van der Waals surface area contributed by atoms with E-state index in [9.17, 15) is 13.2 Å². The smallest absolute Gasteiger partial charge is 0.243 e. The molecule has 1 fully saturated rings. The summed E-state index contributed by atoms with van der Waals surface area (Å²) in [7, 11) is -2.14. The van der Waals surface area contributed by atoms with Crippen molar-refractivity contribution in [3.63, 3.8) is 0 Å². The minimum atomic E-state index is -3.62. The summed E-state index contributed by atoms with van der Waals surface area (Å²) in [6.07, 6.45) is 3.81. The zero-order valence-corrected chi connectivity index (χ0v) is 19.2. The molecule has 1 saturated heterocycles. The molecule has 0 aromatic heterocycles. The van der Waals surface area contributed by atoms with Gasteiger partial charge in [-0.05, 0) is 55.3 Å². The molecule has 6 nitrogen and oxygen atoms in total. The summed E-state index contributed by atoms with van der Waals surface area (Å²) in [4.78, 5) is 13.5. The second-order valence-electron chi connectivity index (χ2n) is 6.97. The number of benzene rings is 2. The summed E-state index contributed by atoms with van der Waals surface area (Å²) in [5, 5.41) is 3.41. The molecule has 0 unspecified atom stereocenters. The molecule has 0 aliphatic carbocycles. The Balaban J connectivity index is 1.73. The molecular weight excluding hydrogens is 444 g/mol. The molecule has 1 heterocycles. The maximum atomic E-state index is 13.1. The number of methoxy groups -OCH3 is 1. The molecule has 0 spiro atoms. The largest absolute Gasteiger partial charge is 0.495 e. The highest BCUT2D eigenvalue weighted by atomic mass is 35.5. The molecule has 2 aromatic rings. The van der Waals surface area contributed by atoms with Crippen LogP contribution in [0.15, 0.2) is 52.3 Å². The molecule has 0 saturated carbocycles. The number of carbonyl (C=O) groups excluding carboxylic acids is 1. The molecule has 162 valence electrons. The van der Waals surface area contributed by atoms with Crippen LogP contribution < -0.4 is 10.1 Å². The van der Waals surface area contributed by atoms with Crippen molar-refractivity contribution < 1.29 is 17.9 Å². The predicted molar refractivity (Wildman–Crippen MR) is 121 cm³/mol. The number of hydrogen-bond donors (Lipinski definition) is 1. The van der Waals surface area contributed by atoms with Gasteiger partial charge in [-0.25, -0.2) is 8.42 Å². The lowest BCUT2D eigenvalue weighted by Crippen LogP contribution is -2.32. The van der Waals surface area contributed by atoms with Crippen LogP contribution in [-0.4, -0.2) is 44.6 Å². The van der Waals surface area contributed by atoms with Crippen LogP contribution >= 0.6 is 23.4 Å². The SMILES string of the molecule is COc1ccc(S(=O)(=O)N2CCCCCC2)cc1NC(=O)CSc1ccc(Cl)cc1. The molecule has 1 aliphatic heterocycles. The van der Waals surface area contributed by atoms with Crippen molar-refractivity contribution in [3.8, 4) is 5.75 Å². The fourth-order valence-corrected chi connectivity index (χ4v) is 5.61. The van der Waals surface area contributed by atoms with Gasteiger partial charge in [0.1, 0.15) is 5.75 Å². The van der Waals surface area contributed by atoms with Crippen molar-refractivity contribution in [2.45, 2.75) is 35.5 Å². The standard InChI is InChI=1S/C21H25ClN2O4S2/c1-28-20-11-10-18(30(26,27)24-12-4-2-3-5-13-24)14-19(20)23-21(25)15-29-17-8-6-16(22)7-9-17/h6-11,14H,2-5,12-13,15H2,1H3,(H,23,25). The number of halogens is 1. The Bertz CT molecular complexity index is 973. The number of nitrogens with zero attached hydrogens (tertiary/aromatic N) is 1. The summed E-state index contributed by atoms with van der Waals surface area (Å²) in [6.45, 7) is 1.04. The molecule has 3 rings (SSSR count). The lowest BCUT2D eigenvalue weighted by molar-refractivity contribution is -0.113. The number of nitrogens with one attached hydrogen (secondary N) is 1. The van der Waals surface area contributed by atoms with Gasteiger partial charge in [-0.2, -0.15) is 4.31 Å². The fraction of sp³-hybridized carbons (Fsp3) is 0.381. The van der Waals surface area contributed by atoms with Gasteiger partial charge < -0.3 is 10.1 Å². The minimum absolute atomic E-state index is 0.158. The highest BCUT2D eigenvalue weighted by molar-refractivity contribution is 8.00. The van der Waals surface area contributed by atoms with Crippen LogP contribution in [0.1, 0.15) is 25.7 Å². The molecule has 0 atom stereocenters. The van der Waals surface area contributed by atoms with Gasteiger partial charge in [0.25, 0.3) is 0 Å². The molecule has 1 N–H and O–H groups in total. The molecule has 1 aliphatic rings. The van der Waals surface area contributed by atoms with Crippen molar-refractivity contribution in [1.82, 2.24) is 4.31 Å². The first-order chi connectivity index (χ1) is 14.4. The first-order valence-electron chi connectivity index (χ1n) is 9.76. The van der Waals surface area contributed by atoms with Crippen LogP contribution in [0.5, 0.6) is 5.75 Å². The third-order valence-corrected chi connectivity index (χ3v) is 7.99. The van der Waals surface area contributed by atoms with E-state index < -0.39 is 10.0 Å². The van der Waals surface area contributed by atoms with E-state index in [-0.39, 0.29) is 16.6 Å². The zero-order chi connectivity index (χ0) is 21.6. The van der Waals surface area contributed by atoms with Gasteiger partial charge in [-0.1, -0.05) is 24.4 Å². The van der Waals surface area contributed by atoms with E-state index in [1.807, 2.05) is 12.1 Å². The Morgan fingerprint density at radius 1 is 1.10 bits per heavy atom. The van der Waals surface area contributed by atoms with Gasteiger partial charge >= 0.3 is 0 Å². The monoisotopic (exact) mass is 468 g/mol. The number of sulfonamides is 1. The van der Waals surface area contributed by atoms with E-state index in [1.54, 1.807) is 18.2 Å². The topological polar surface area (TPSA) is 75.7 Å². The lowest BCUT2D eigenvalue weighted by atomic mass is 10.2. The maximum Gasteiger partial charge on any atom is 0.243 e.